The third kappa shape index (κ3) is 5.71. The van der Waals surface area contributed by atoms with Gasteiger partial charge in [0.05, 0.1) is 7.11 Å². The fraction of sp³-hybridized carbons (Fsp3) is 0.688. The van der Waals surface area contributed by atoms with Gasteiger partial charge < -0.3 is 23.7 Å². The topological polar surface area (TPSA) is 132 Å². The van der Waals surface area contributed by atoms with Gasteiger partial charge in [0, 0.05) is 34.1 Å². The van der Waals surface area contributed by atoms with Gasteiger partial charge in [0.15, 0.2) is 18.3 Å². The van der Waals surface area contributed by atoms with E-state index >= 15 is 0 Å². The number of carbonyl (C=O) groups is 5. The lowest BCUT2D eigenvalue weighted by atomic mass is 9.80. The molecule has 0 radical (unpaired) electrons. The minimum Gasteiger partial charge on any atom is -0.469 e. The zero-order chi connectivity index (χ0) is 20.0. The minimum absolute atomic E-state index is 0.153. The van der Waals surface area contributed by atoms with Crippen molar-refractivity contribution in [1.82, 2.24) is 0 Å². The van der Waals surface area contributed by atoms with E-state index in [1.54, 1.807) is 0 Å². The molecule has 0 amide bonds. The molecule has 0 spiro atoms. The summed E-state index contributed by atoms with van der Waals surface area (Å²) >= 11 is 0. The summed E-state index contributed by atoms with van der Waals surface area (Å²) in [6, 6.07) is 0. The zero-order valence-corrected chi connectivity index (χ0v) is 15.2. The molecule has 0 N–H and O–H groups in total. The Kier molecular flexibility index (Phi) is 7.54. The summed E-state index contributed by atoms with van der Waals surface area (Å²) in [6.07, 6.45) is -5.15. The first-order valence-corrected chi connectivity index (χ1v) is 7.83. The summed E-state index contributed by atoms with van der Waals surface area (Å²) in [5.74, 6) is -4.79. The highest BCUT2D eigenvalue weighted by molar-refractivity contribution is 5.75. The van der Waals surface area contributed by atoms with Crippen molar-refractivity contribution in [3.63, 3.8) is 0 Å². The molecule has 0 unspecified atom stereocenters. The van der Waals surface area contributed by atoms with Gasteiger partial charge in [0.1, 0.15) is 12.0 Å². The number of hydrogen-bond donors (Lipinski definition) is 0. The van der Waals surface area contributed by atoms with Gasteiger partial charge in [-0.1, -0.05) is 0 Å². The quantitative estimate of drug-likeness (QED) is 0.475. The first-order valence-electron chi connectivity index (χ1n) is 7.83. The summed E-state index contributed by atoms with van der Waals surface area (Å²) in [4.78, 5) is 58.0. The Morgan fingerprint density at radius 3 is 1.50 bits per heavy atom. The van der Waals surface area contributed by atoms with Gasteiger partial charge in [-0.05, 0) is 0 Å². The number of esters is 5. The molecule has 0 aromatic carbocycles. The standard InChI is InChI=1S/C16H22O10/c1-7(17)23-12-6-11(16(21)22-5)13(24-8(2)18)15(26-10(4)20)14(12)25-9(3)19/h11-15H,6H2,1-5H3/t11-,12+,13-,14-,15+/m0/s1. The molecule has 0 aromatic heterocycles. The molecule has 1 fully saturated rings. The number of carbonyl (C=O) groups excluding carboxylic acids is 5. The predicted molar refractivity (Wildman–Crippen MR) is 82.3 cm³/mol. The molecule has 5 atom stereocenters. The highest BCUT2D eigenvalue weighted by atomic mass is 16.6. The summed E-state index contributed by atoms with van der Waals surface area (Å²) in [5.41, 5.74) is 0. The van der Waals surface area contributed by atoms with Crippen LogP contribution in [0.3, 0.4) is 0 Å². The van der Waals surface area contributed by atoms with E-state index in [-0.39, 0.29) is 6.42 Å². The molecule has 1 aliphatic rings. The van der Waals surface area contributed by atoms with Gasteiger partial charge in [0.25, 0.3) is 0 Å². The molecule has 10 heteroatoms. The van der Waals surface area contributed by atoms with E-state index in [1.807, 2.05) is 0 Å². The van der Waals surface area contributed by atoms with Crippen LogP contribution in [0.15, 0.2) is 0 Å². The van der Waals surface area contributed by atoms with Gasteiger partial charge in [-0.15, -0.1) is 0 Å². The molecule has 0 saturated heterocycles. The average molecular weight is 374 g/mol. The molecule has 1 aliphatic carbocycles. The van der Waals surface area contributed by atoms with Crippen LogP contribution in [0.2, 0.25) is 0 Å². The fourth-order valence-electron chi connectivity index (χ4n) is 2.86. The summed E-state index contributed by atoms with van der Waals surface area (Å²) in [7, 11) is 1.13. The van der Waals surface area contributed by atoms with Crippen molar-refractivity contribution in [2.24, 2.45) is 5.92 Å². The lowest BCUT2D eigenvalue weighted by Gasteiger charge is -2.43. The average Bonchev–Trinajstić information content (AvgIpc) is 2.50. The minimum atomic E-state index is -1.36. The summed E-state index contributed by atoms with van der Waals surface area (Å²) in [5, 5.41) is 0. The van der Waals surface area contributed by atoms with Crippen LogP contribution in [0.25, 0.3) is 0 Å². The van der Waals surface area contributed by atoms with Crippen molar-refractivity contribution in [2.75, 3.05) is 7.11 Å². The molecule has 1 rings (SSSR count). The largest absolute Gasteiger partial charge is 0.469 e. The number of hydrogen-bond acceptors (Lipinski definition) is 10. The molecule has 146 valence electrons. The van der Waals surface area contributed by atoms with Gasteiger partial charge in [-0.2, -0.15) is 0 Å². The molecular weight excluding hydrogens is 352 g/mol. The third-order valence-corrected chi connectivity index (χ3v) is 3.62. The normalized spacial score (nSPS) is 27.7. The molecule has 0 aliphatic heterocycles. The Morgan fingerprint density at radius 1 is 0.654 bits per heavy atom. The maximum absolute atomic E-state index is 12.1. The summed E-state index contributed by atoms with van der Waals surface area (Å²) in [6.45, 7) is 4.45. The van der Waals surface area contributed by atoms with Crippen molar-refractivity contribution in [3.05, 3.63) is 0 Å². The van der Waals surface area contributed by atoms with Crippen LogP contribution in [0.5, 0.6) is 0 Å². The van der Waals surface area contributed by atoms with Crippen LogP contribution < -0.4 is 0 Å². The van der Waals surface area contributed by atoms with Crippen molar-refractivity contribution in [3.8, 4) is 0 Å². The van der Waals surface area contributed by atoms with Crippen LogP contribution in [0.1, 0.15) is 34.1 Å². The number of ether oxygens (including phenoxy) is 5. The van der Waals surface area contributed by atoms with Crippen LogP contribution in [0.4, 0.5) is 0 Å². The van der Waals surface area contributed by atoms with Gasteiger partial charge in [-0.25, -0.2) is 0 Å². The molecule has 26 heavy (non-hydrogen) atoms. The molecule has 0 heterocycles. The number of methoxy groups -OCH3 is 1. The molecular formula is C16H22O10. The van der Waals surface area contributed by atoms with Crippen LogP contribution in [0, 0.1) is 5.92 Å². The maximum atomic E-state index is 12.1. The number of rotatable bonds is 5. The van der Waals surface area contributed by atoms with Crippen LogP contribution in [-0.4, -0.2) is 61.4 Å². The van der Waals surface area contributed by atoms with Crippen LogP contribution in [-0.2, 0) is 47.7 Å². The first-order chi connectivity index (χ1) is 12.1. The van der Waals surface area contributed by atoms with E-state index in [4.69, 9.17) is 23.7 Å². The zero-order valence-electron chi connectivity index (χ0n) is 15.2. The third-order valence-electron chi connectivity index (χ3n) is 3.62. The van der Waals surface area contributed by atoms with Crippen molar-refractivity contribution in [2.45, 2.75) is 58.5 Å². The Bertz CT molecular complexity index is 584. The predicted octanol–water partition coefficient (Wildman–Crippen LogP) is -0.0939. The van der Waals surface area contributed by atoms with Crippen molar-refractivity contribution >= 4 is 29.8 Å². The van der Waals surface area contributed by atoms with Gasteiger partial charge in [-0.3, -0.25) is 24.0 Å². The Labute approximate surface area is 150 Å². The van der Waals surface area contributed by atoms with E-state index in [2.05, 4.69) is 0 Å². The molecule has 1 saturated carbocycles. The Morgan fingerprint density at radius 2 is 1.08 bits per heavy atom. The molecule has 0 bridgehead atoms. The molecule has 0 aromatic rings. The lowest BCUT2D eigenvalue weighted by Crippen LogP contribution is -2.60. The van der Waals surface area contributed by atoms with Crippen LogP contribution >= 0.6 is 0 Å². The smallest absolute Gasteiger partial charge is 0.312 e. The highest BCUT2D eigenvalue weighted by Crippen LogP contribution is 2.34. The van der Waals surface area contributed by atoms with Gasteiger partial charge >= 0.3 is 29.8 Å². The second-order valence-electron chi connectivity index (χ2n) is 5.74. The maximum Gasteiger partial charge on any atom is 0.312 e. The van der Waals surface area contributed by atoms with Crippen molar-refractivity contribution < 1.29 is 47.7 Å². The van der Waals surface area contributed by atoms with E-state index in [0.29, 0.717) is 0 Å². The van der Waals surface area contributed by atoms with E-state index < -0.39 is 60.2 Å². The first kappa shape index (κ1) is 21.4. The van der Waals surface area contributed by atoms with E-state index in [0.717, 1.165) is 34.8 Å². The lowest BCUT2D eigenvalue weighted by molar-refractivity contribution is -0.221. The highest BCUT2D eigenvalue weighted by Gasteiger charge is 2.54. The molecule has 10 nitrogen and oxygen atoms in total. The Hall–Kier alpha value is -2.65. The monoisotopic (exact) mass is 374 g/mol. The second-order valence-corrected chi connectivity index (χ2v) is 5.74. The Balaban J connectivity index is 3.37. The SMILES string of the molecule is COC(=O)[C@H]1C[C@@H](OC(C)=O)[C@H](OC(C)=O)[C@H](OC(C)=O)[C@H]1OC(C)=O. The summed E-state index contributed by atoms with van der Waals surface area (Å²) < 4.78 is 25.3. The van der Waals surface area contributed by atoms with E-state index in [1.165, 1.54) is 0 Å². The van der Waals surface area contributed by atoms with E-state index in [9.17, 15) is 24.0 Å². The second kappa shape index (κ2) is 9.16. The van der Waals surface area contributed by atoms with Crippen molar-refractivity contribution in [1.29, 1.82) is 0 Å². The van der Waals surface area contributed by atoms with Gasteiger partial charge in [0.2, 0.25) is 0 Å². The fourth-order valence-corrected chi connectivity index (χ4v) is 2.86.